The van der Waals surface area contributed by atoms with Gasteiger partial charge in [-0.25, -0.2) is 0 Å². The first-order chi connectivity index (χ1) is 13.2. The number of hydrogen-bond acceptors (Lipinski definition) is 3. The van der Waals surface area contributed by atoms with Gasteiger partial charge in [0.2, 0.25) is 0 Å². The van der Waals surface area contributed by atoms with E-state index < -0.39 is 6.10 Å². The summed E-state index contributed by atoms with van der Waals surface area (Å²) in [4.78, 5) is 15.4. The van der Waals surface area contributed by atoms with Crippen LogP contribution in [0.5, 0.6) is 11.5 Å². The second-order valence-corrected chi connectivity index (χ2v) is 7.67. The second kappa shape index (κ2) is 7.81. The summed E-state index contributed by atoms with van der Waals surface area (Å²) in [6.45, 7) is 0.770. The Balaban J connectivity index is 1.56. The third-order valence-corrected chi connectivity index (χ3v) is 5.74. The molecule has 1 saturated heterocycles. The molecule has 4 rings (SSSR count). The third kappa shape index (κ3) is 3.77. The van der Waals surface area contributed by atoms with Crippen molar-refractivity contribution >= 4 is 17.5 Å². The standard InChI is InChI=1S/C22H24ClNO3/c1-26-18-9-6-15(7-10-18)19-5-3-2-4-12-24(19)22(25)21-14-16-13-17(23)8-11-20(16)27-21/h6-11,13,19,21H,2-5,12,14H2,1H3. The van der Waals surface area contributed by atoms with Crippen LogP contribution in [0.3, 0.4) is 0 Å². The van der Waals surface area contributed by atoms with Crippen molar-refractivity contribution in [3.8, 4) is 11.5 Å². The Labute approximate surface area is 165 Å². The average molecular weight is 386 g/mol. The molecule has 0 bridgehead atoms. The van der Waals surface area contributed by atoms with Gasteiger partial charge in [-0.15, -0.1) is 0 Å². The maximum atomic E-state index is 13.4. The van der Waals surface area contributed by atoms with Crippen molar-refractivity contribution in [2.24, 2.45) is 0 Å². The van der Waals surface area contributed by atoms with Gasteiger partial charge in [0.1, 0.15) is 11.5 Å². The van der Waals surface area contributed by atoms with Crippen molar-refractivity contribution < 1.29 is 14.3 Å². The van der Waals surface area contributed by atoms with E-state index in [1.165, 1.54) is 0 Å². The summed E-state index contributed by atoms with van der Waals surface area (Å²) in [5.41, 5.74) is 2.17. The molecule has 2 unspecified atom stereocenters. The highest BCUT2D eigenvalue weighted by molar-refractivity contribution is 6.30. The number of benzene rings is 2. The van der Waals surface area contributed by atoms with E-state index in [0.29, 0.717) is 11.4 Å². The van der Waals surface area contributed by atoms with Crippen LogP contribution >= 0.6 is 11.6 Å². The summed E-state index contributed by atoms with van der Waals surface area (Å²) >= 11 is 6.09. The highest BCUT2D eigenvalue weighted by Crippen LogP contribution is 2.35. The first-order valence-electron chi connectivity index (χ1n) is 9.55. The van der Waals surface area contributed by atoms with Gasteiger partial charge >= 0.3 is 0 Å². The van der Waals surface area contributed by atoms with Crippen molar-refractivity contribution in [2.75, 3.05) is 13.7 Å². The molecule has 2 heterocycles. The number of hydrogen-bond donors (Lipinski definition) is 0. The van der Waals surface area contributed by atoms with Crippen molar-refractivity contribution in [2.45, 2.75) is 44.2 Å². The second-order valence-electron chi connectivity index (χ2n) is 7.23. The molecule has 0 aromatic heterocycles. The summed E-state index contributed by atoms with van der Waals surface area (Å²) in [5, 5.41) is 0.677. The highest BCUT2D eigenvalue weighted by Gasteiger charge is 2.36. The molecular formula is C22H24ClNO3. The number of rotatable bonds is 3. The molecule has 142 valence electrons. The zero-order valence-corrected chi connectivity index (χ0v) is 16.2. The van der Waals surface area contributed by atoms with Crippen molar-refractivity contribution in [3.05, 3.63) is 58.6 Å². The molecule has 2 atom stereocenters. The summed E-state index contributed by atoms with van der Waals surface area (Å²) in [7, 11) is 1.66. The predicted molar refractivity (Wildman–Crippen MR) is 105 cm³/mol. The Morgan fingerprint density at radius 1 is 1.15 bits per heavy atom. The summed E-state index contributed by atoms with van der Waals surface area (Å²) < 4.78 is 11.2. The van der Waals surface area contributed by atoms with Crippen LogP contribution in [0.4, 0.5) is 0 Å². The monoisotopic (exact) mass is 385 g/mol. The van der Waals surface area contributed by atoms with Crippen LogP contribution in [-0.4, -0.2) is 30.6 Å². The number of methoxy groups -OCH3 is 1. The van der Waals surface area contributed by atoms with Gasteiger partial charge in [0, 0.05) is 18.0 Å². The molecule has 2 aromatic carbocycles. The molecule has 0 radical (unpaired) electrons. The average Bonchev–Trinajstić information content (AvgIpc) is 2.95. The minimum absolute atomic E-state index is 0.0741. The molecule has 2 aliphatic rings. The van der Waals surface area contributed by atoms with Gasteiger partial charge in [-0.05, 0) is 54.3 Å². The van der Waals surface area contributed by atoms with E-state index >= 15 is 0 Å². The van der Waals surface area contributed by atoms with E-state index in [2.05, 4.69) is 12.1 Å². The third-order valence-electron chi connectivity index (χ3n) is 5.51. The van der Waals surface area contributed by atoms with Crippen molar-refractivity contribution in [1.29, 1.82) is 0 Å². The van der Waals surface area contributed by atoms with Gasteiger partial charge in [0.15, 0.2) is 6.10 Å². The first kappa shape index (κ1) is 18.2. The van der Waals surface area contributed by atoms with Gasteiger partial charge in [-0.1, -0.05) is 36.6 Å². The Morgan fingerprint density at radius 2 is 1.96 bits per heavy atom. The largest absolute Gasteiger partial charge is 0.497 e. The Kier molecular flexibility index (Phi) is 5.26. The molecule has 1 fully saturated rings. The molecule has 27 heavy (non-hydrogen) atoms. The number of halogens is 1. The van der Waals surface area contributed by atoms with Gasteiger partial charge in [0.05, 0.1) is 13.2 Å². The van der Waals surface area contributed by atoms with Crippen LogP contribution in [0.2, 0.25) is 5.02 Å². The zero-order valence-electron chi connectivity index (χ0n) is 15.5. The Hall–Kier alpha value is -2.20. The predicted octanol–water partition coefficient (Wildman–Crippen LogP) is 4.80. The van der Waals surface area contributed by atoms with Gasteiger partial charge in [-0.2, -0.15) is 0 Å². The molecule has 0 N–H and O–H groups in total. The summed E-state index contributed by atoms with van der Waals surface area (Å²) in [6, 6.07) is 13.7. The maximum absolute atomic E-state index is 13.4. The fourth-order valence-corrected chi connectivity index (χ4v) is 4.28. The molecule has 1 amide bonds. The number of ether oxygens (including phenoxy) is 2. The van der Waals surface area contributed by atoms with Crippen LogP contribution in [0, 0.1) is 0 Å². The van der Waals surface area contributed by atoms with Gasteiger partial charge in [0.25, 0.3) is 5.91 Å². The van der Waals surface area contributed by atoms with E-state index in [4.69, 9.17) is 21.1 Å². The van der Waals surface area contributed by atoms with E-state index in [1.807, 2.05) is 29.2 Å². The fourth-order valence-electron chi connectivity index (χ4n) is 4.08. The molecule has 5 heteroatoms. The van der Waals surface area contributed by atoms with Crippen LogP contribution < -0.4 is 9.47 Å². The molecule has 0 aliphatic carbocycles. The Morgan fingerprint density at radius 3 is 2.74 bits per heavy atom. The van der Waals surface area contributed by atoms with Gasteiger partial charge in [-0.3, -0.25) is 4.79 Å². The van der Waals surface area contributed by atoms with Crippen molar-refractivity contribution in [1.82, 2.24) is 4.90 Å². The summed E-state index contributed by atoms with van der Waals surface area (Å²) in [6.07, 6.45) is 4.41. The number of nitrogens with zero attached hydrogens (tertiary/aromatic N) is 1. The Bertz CT molecular complexity index is 821. The van der Waals surface area contributed by atoms with E-state index in [-0.39, 0.29) is 11.9 Å². The number of amides is 1. The van der Waals surface area contributed by atoms with Crippen LogP contribution in [0.15, 0.2) is 42.5 Å². The fraction of sp³-hybridized carbons (Fsp3) is 0.409. The van der Waals surface area contributed by atoms with Gasteiger partial charge < -0.3 is 14.4 Å². The number of carbonyl (C=O) groups is 1. The lowest BCUT2D eigenvalue weighted by Crippen LogP contribution is -2.43. The lowest BCUT2D eigenvalue weighted by atomic mass is 9.99. The molecule has 2 aliphatic heterocycles. The van der Waals surface area contributed by atoms with E-state index in [1.54, 1.807) is 13.2 Å². The SMILES string of the molecule is COc1ccc(C2CCCCCN2C(=O)C2Cc3cc(Cl)ccc3O2)cc1. The minimum atomic E-state index is -0.461. The quantitative estimate of drug-likeness (QED) is 0.762. The molecule has 2 aromatic rings. The first-order valence-corrected chi connectivity index (χ1v) is 9.93. The van der Waals surface area contributed by atoms with Crippen LogP contribution in [-0.2, 0) is 11.2 Å². The van der Waals surface area contributed by atoms with Crippen LogP contribution in [0.1, 0.15) is 42.9 Å². The number of fused-ring (bicyclic) bond motifs is 1. The molecule has 0 spiro atoms. The highest BCUT2D eigenvalue weighted by atomic mass is 35.5. The lowest BCUT2D eigenvalue weighted by molar-refractivity contribution is -0.140. The molecule has 0 saturated carbocycles. The number of likely N-dealkylation sites (tertiary alicyclic amines) is 1. The smallest absolute Gasteiger partial charge is 0.264 e. The lowest BCUT2D eigenvalue weighted by Gasteiger charge is -2.32. The topological polar surface area (TPSA) is 38.8 Å². The summed E-state index contributed by atoms with van der Waals surface area (Å²) in [5.74, 6) is 1.68. The van der Waals surface area contributed by atoms with Crippen molar-refractivity contribution in [3.63, 3.8) is 0 Å². The normalized spacial score (nSPS) is 21.9. The molecular weight excluding hydrogens is 362 g/mol. The zero-order chi connectivity index (χ0) is 18.8. The van der Waals surface area contributed by atoms with E-state index in [0.717, 1.165) is 54.9 Å². The number of carbonyl (C=O) groups excluding carboxylic acids is 1. The maximum Gasteiger partial charge on any atom is 0.264 e. The van der Waals surface area contributed by atoms with E-state index in [9.17, 15) is 4.79 Å². The minimum Gasteiger partial charge on any atom is -0.497 e. The molecule has 4 nitrogen and oxygen atoms in total. The van der Waals surface area contributed by atoms with Crippen LogP contribution in [0.25, 0.3) is 0 Å².